The standard InChI is InChI=1S/C13H17NO5/c1-8(13(16)19-4)14-12(15)9-5-6-10(17-2)11(7-9)18-3/h5-8H,1-4H3,(H,14,15). The van der Waals surface area contributed by atoms with Crippen LogP contribution in [0.25, 0.3) is 0 Å². The highest BCUT2D eigenvalue weighted by atomic mass is 16.5. The van der Waals surface area contributed by atoms with Gasteiger partial charge in [0.1, 0.15) is 6.04 Å². The molecule has 0 saturated heterocycles. The average molecular weight is 267 g/mol. The zero-order valence-corrected chi connectivity index (χ0v) is 11.4. The predicted octanol–water partition coefficient (Wildman–Crippen LogP) is 0.995. The lowest BCUT2D eigenvalue weighted by molar-refractivity contribution is -0.142. The topological polar surface area (TPSA) is 73.9 Å². The zero-order valence-electron chi connectivity index (χ0n) is 11.4. The molecular weight excluding hydrogens is 250 g/mol. The molecule has 6 nitrogen and oxygen atoms in total. The van der Waals surface area contributed by atoms with Crippen molar-refractivity contribution >= 4 is 11.9 Å². The number of nitrogens with one attached hydrogen (secondary N) is 1. The van der Waals surface area contributed by atoms with Gasteiger partial charge in [-0.1, -0.05) is 0 Å². The normalized spacial score (nSPS) is 11.4. The van der Waals surface area contributed by atoms with Crippen LogP contribution in [0.15, 0.2) is 18.2 Å². The molecule has 1 atom stereocenters. The van der Waals surface area contributed by atoms with E-state index in [1.807, 2.05) is 0 Å². The van der Waals surface area contributed by atoms with E-state index in [4.69, 9.17) is 9.47 Å². The number of amides is 1. The summed E-state index contributed by atoms with van der Waals surface area (Å²) in [4.78, 5) is 23.1. The fourth-order valence-electron chi connectivity index (χ4n) is 1.49. The number of methoxy groups -OCH3 is 3. The minimum Gasteiger partial charge on any atom is -0.493 e. The van der Waals surface area contributed by atoms with Crippen LogP contribution in [-0.2, 0) is 9.53 Å². The van der Waals surface area contributed by atoms with Gasteiger partial charge in [-0.15, -0.1) is 0 Å². The smallest absolute Gasteiger partial charge is 0.328 e. The Kier molecular flexibility index (Phi) is 5.17. The molecule has 1 aromatic carbocycles. The maximum atomic E-state index is 11.9. The Labute approximate surface area is 111 Å². The molecule has 1 amide bonds. The highest BCUT2D eigenvalue weighted by Crippen LogP contribution is 2.27. The van der Waals surface area contributed by atoms with Crippen LogP contribution < -0.4 is 14.8 Å². The Morgan fingerprint density at radius 3 is 2.26 bits per heavy atom. The van der Waals surface area contributed by atoms with Gasteiger partial charge in [-0.25, -0.2) is 4.79 Å². The van der Waals surface area contributed by atoms with Gasteiger partial charge in [0.05, 0.1) is 21.3 Å². The first-order valence-corrected chi connectivity index (χ1v) is 5.64. The molecule has 1 N–H and O–H groups in total. The van der Waals surface area contributed by atoms with Crippen molar-refractivity contribution < 1.29 is 23.8 Å². The minimum absolute atomic E-state index is 0.369. The summed E-state index contributed by atoms with van der Waals surface area (Å²) in [6, 6.07) is 4.03. The van der Waals surface area contributed by atoms with Gasteiger partial charge in [-0.2, -0.15) is 0 Å². The molecule has 1 aromatic rings. The molecule has 0 bridgehead atoms. The summed E-state index contributed by atoms with van der Waals surface area (Å²) in [5.74, 6) is 0.0774. The summed E-state index contributed by atoms with van der Waals surface area (Å²) in [5, 5.41) is 2.53. The summed E-state index contributed by atoms with van der Waals surface area (Å²) < 4.78 is 14.7. The molecule has 104 valence electrons. The van der Waals surface area contributed by atoms with E-state index in [1.165, 1.54) is 27.4 Å². The quantitative estimate of drug-likeness (QED) is 0.805. The van der Waals surface area contributed by atoms with Crippen LogP contribution in [0.2, 0.25) is 0 Å². The van der Waals surface area contributed by atoms with Crippen LogP contribution in [0.4, 0.5) is 0 Å². The zero-order chi connectivity index (χ0) is 14.4. The number of benzene rings is 1. The van der Waals surface area contributed by atoms with E-state index in [1.54, 1.807) is 19.1 Å². The van der Waals surface area contributed by atoms with Crippen molar-refractivity contribution in [3.05, 3.63) is 23.8 Å². The molecule has 0 saturated carbocycles. The summed E-state index contributed by atoms with van der Waals surface area (Å²) in [5.41, 5.74) is 0.369. The minimum atomic E-state index is -0.717. The van der Waals surface area contributed by atoms with E-state index < -0.39 is 12.0 Å². The lowest BCUT2D eigenvalue weighted by atomic mass is 10.1. The molecular formula is C13H17NO5. The third-order valence-corrected chi connectivity index (χ3v) is 2.55. The van der Waals surface area contributed by atoms with E-state index in [0.29, 0.717) is 17.1 Å². The van der Waals surface area contributed by atoms with Gasteiger partial charge in [-0.3, -0.25) is 4.79 Å². The largest absolute Gasteiger partial charge is 0.493 e. The van der Waals surface area contributed by atoms with Crippen molar-refractivity contribution in [1.82, 2.24) is 5.32 Å². The number of carbonyl (C=O) groups is 2. The number of rotatable bonds is 5. The van der Waals surface area contributed by atoms with Crippen LogP contribution in [0, 0.1) is 0 Å². The summed E-state index contributed by atoms with van der Waals surface area (Å²) in [7, 11) is 4.26. The molecule has 0 heterocycles. The second kappa shape index (κ2) is 6.63. The van der Waals surface area contributed by atoms with E-state index >= 15 is 0 Å². The molecule has 0 spiro atoms. The Bertz CT molecular complexity index is 472. The molecule has 19 heavy (non-hydrogen) atoms. The lowest BCUT2D eigenvalue weighted by Gasteiger charge is -2.13. The molecule has 6 heteroatoms. The summed E-state index contributed by atoms with van der Waals surface area (Å²) in [6.45, 7) is 1.55. The van der Waals surface area contributed by atoms with E-state index in [-0.39, 0.29) is 5.91 Å². The maximum Gasteiger partial charge on any atom is 0.328 e. The summed E-state index contributed by atoms with van der Waals surface area (Å²) >= 11 is 0. The molecule has 1 rings (SSSR count). The first kappa shape index (κ1) is 14.8. The Morgan fingerprint density at radius 2 is 1.74 bits per heavy atom. The maximum absolute atomic E-state index is 11.9. The van der Waals surface area contributed by atoms with Crippen molar-refractivity contribution in [1.29, 1.82) is 0 Å². The van der Waals surface area contributed by atoms with Gasteiger partial charge in [0, 0.05) is 5.56 Å². The van der Waals surface area contributed by atoms with Crippen LogP contribution in [0.5, 0.6) is 11.5 Å². The molecule has 0 aliphatic rings. The van der Waals surface area contributed by atoms with Crippen LogP contribution >= 0.6 is 0 Å². The second-order valence-corrected chi connectivity index (χ2v) is 3.79. The average Bonchev–Trinajstić information content (AvgIpc) is 2.45. The predicted molar refractivity (Wildman–Crippen MR) is 68.5 cm³/mol. The van der Waals surface area contributed by atoms with Gasteiger partial charge in [0.25, 0.3) is 5.91 Å². The highest BCUT2D eigenvalue weighted by Gasteiger charge is 2.18. The van der Waals surface area contributed by atoms with Crippen molar-refractivity contribution in [2.45, 2.75) is 13.0 Å². The fourth-order valence-corrected chi connectivity index (χ4v) is 1.49. The SMILES string of the molecule is COC(=O)C(C)NC(=O)c1ccc(OC)c(OC)c1. The number of carbonyl (C=O) groups excluding carboxylic acids is 2. The van der Waals surface area contributed by atoms with E-state index in [2.05, 4.69) is 10.1 Å². The number of esters is 1. The first-order chi connectivity index (χ1) is 9.03. The van der Waals surface area contributed by atoms with E-state index in [0.717, 1.165) is 0 Å². The highest BCUT2D eigenvalue weighted by molar-refractivity contribution is 5.97. The van der Waals surface area contributed by atoms with Crippen LogP contribution in [0.3, 0.4) is 0 Å². The molecule has 0 aliphatic heterocycles. The second-order valence-electron chi connectivity index (χ2n) is 3.79. The molecule has 0 aliphatic carbocycles. The summed E-state index contributed by atoms with van der Waals surface area (Å²) in [6.07, 6.45) is 0. The van der Waals surface area contributed by atoms with Gasteiger partial charge >= 0.3 is 5.97 Å². The monoisotopic (exact) mass is 267 g/mol. The number of hydrogen-bond acceptors (Lipinski definition) is 5. The van der Waals surface area contributed by atoms with Crippen molar-refractivity contribution in [2.75, 3.05) is 21.3 Å². The Balaban J connectivity index is 2.85. The van der Waals surface area contributed by atoms with E-state index in [9.17, 15) is 9.59 Å². The van der Waals surface area contributed by atoms with Gasteiger partial charge < -0.3 is 19.5 Å². The number of hydrogen-bond donors (Lipinski definition) is 1. The van der Waals surface area contributed by atoms with Gasteiger partial charge in [0.15, 0.2) is 11.5 Å². The van der Waals surface area contributed by atoms with Crippen molar-refractivity contribution in [3.8, 4) is 11.5 Å². The molecule has 0 radical (unpaired) electrons. The van der Waals surface area contributed by atoms with Crippen molar-refractivity contribution in [3.63, 3.8) is 0 Å². The lowest BCUT2D eigenvalue weighted by Crippen LogP contribution is -2.39. The Hall–Kier alpha value is -2.24. The Morgan fingerprint density at radius 1 is 1.11 bits per heavy atom. The van der Waals surface area contributed by atoms with Gasteiger partial charge in [-0.05, 0) is 25.1 Å². The fraction of sp³-hybridized carbons (Fsp3) is 0.385. The van der Waals surface area contributed by atoms with Gasteiger partial charge in [0.2, 0.25) is 0 Å². The van der Waals surface area contributed by atoms with Crippen molar-refractivity contribution in [2.24, 2.45) is 0 Å². The van der Waals surface area contributed by atoms with Crippen LogP contribution in [-0.4, -0.2) is 39.2 Å². The molecule has 0 fully saturated rings. The third kappa shape index (κ3) is 3.61. The third-order valence-electron chi connectivity index (χ3n) is 2.55. The molecule has 1 unspecified atom stereocenters. The first-order valence-electron chi connectivity index (χ1n) is 5.64. The number of ether oxygens (including phenoxy) is 3. The molecule has 0 aromatic heterocycles. The van der Waals surface area contributed by atoms with Crippen LogP contribution in [0.1, 0.15) is 17.3 Å².